The van der Waals surface area contributed by atoms with Gasteiger partial charge in [-0.1, -0.05) is 60.7 Å². The van der Waals surface area contributed by atoms with Crippen molar-refractivity contribution in [1.29, 1.82) is 0 Å². The van der Waals surface area contributed by atoms with Gasteiger partial charge in [-0.25, -0.2) is 33.7 Å². The normalized spacial score (nSPS) is 13.7. The predicted octanol–water partition coefficient (Wildman–Crippen LogP) is -10.4. The number of rotatable bonds is 22. The molecule has 0 amide bonds. The van der Waals surface area contributed by atoms with E-state index < -0.39 is 158 Å². The molecule has 2 saturated heterocycles. The molecular formula is C60H48N16Na6O22S6+2. The van der Waals surface area contributed by atoms with Gasteiger partial charge in [0.05, 0.1) is 68.8 Å². The summed E-state index contributed by atoms with van der Waals surface area (Å²) in [6.07, 6.45) is 2.13. The van der Waals surface area contributed by atoms with Crippen molar-refractivity contribution >= 4 is 176 Å². The molecule has 8 N–H and O–H groups in total. The first kappa shape index (κ1) is 93.9. The molecule has 540 valence electrons. The number of fused-ring (bicyclic) bond motifs is 2. The third-order valence-electron chi connectivity index (χ3n) is 15.3. The molecule has 12 rings (SSSR count). The van der Waals surface area contributed by atoms with E-state index in [0.29, 0.717) is 24.3 Å². The van der Waals surface area contributed by atoms with Crippen LogP contribution in [-0.2, 0) is 70.2 Å². The molecule has 0 aliphatic carbocycles. The van der Waals surface area contributed by atoms with Crippen molar-refractivity contribution in [1.82, 2.24) is 29.9 Å². The summed E-state index contributed by atoms with van der Waals surface area (Å²) in [4.78, 5) is 23.9. The fraction of sp³-hybridized carbons (Fsp3) is 0.133. The van der Waals surface area contributed by atoms with Crippen LogP contribution in [0.2, 0.25) is 0 Å². The number of hydrogen-bond donors (Lipinski definition) is 8. The predicted molar refractivity (Wildman–Crippen MR) is 365 cm³/mol. The summed E-state index contributed by atoms with van der Waals surface area (Å²) < 4.78 is 236. The van der Waals surface area contributed by atoms with E-state index >= 15 is 0 Å². The summed E-state index contributed by atoms with van der Waals surface area (Å²) >= 11 is 0. The number of ether oxygens (including phenoxy) is 2. The van der Waals surface area contributed by atoms with E-state index in [0.717, 1.165) is 48.6 Å². The second-order valence-corrected chi connectivity index (χ2v) is 30.5. The molecule has 4 heterocycles. The molecule has 2 aliphatic heterocycles. The molecule has 8 aromatic carbocycles. The van der Waals surface area contributed by atoms with Gasteiger partial charge in [-0.2, -0.15) is 57.0 Å². The van der Waals surface area contributed by atoms with E-state index in [1.54, 1.807) is 46.2 Å². The second-order valence-electron chi connectivity index (χ2n) is 22.2. The number of nitrogens with zero attached hydrogens (tertiary/aromatic N) is 12. The summed E-state index contributed by atoms with van der Waals surface area (Å²) in [5, 5.41) is 48.4. The summed E-state index contributed by atoms with van der Waals surface area (Å²) in [5.41, 5.74) is -3.23. The average Bonchev–Trinajstić information content (AvgIpc) is 0.750. The molecular weight excluding hydrogens is 1630 g/mol. The molecule has 0 radical (unpaired) electrons. The summed E-state index contributed by atoms with van der Waals surface area (Å²) in [6, 6.07) is 26.4. The monoisotopic (exact) mass is 1670 g/mol. The zero-order valence-corrected chi connectivity index (χ0v) is 75.4. The Hall–Kier alpha value is -4.98. The van der Waals surface area contributed by atoms with Crippen LogP contribution in [0.4, 0.5) is 81.2 Å². The minimum absolute atomic E-state index is 0. The van der Waals surface area contributed by atoms with E-state index in [1.807, 2.05) is 0 Å². The van der Waals surface area contributed by atoms with Gasteiger partial charge in [-0.3, -0.25) is 9.11 Å². The maximum absolute atomic E-state index is 13.2. The molecule has 38 nitrogen and oxygen atoms in total. The van der Waals surface area contributed by atoms with Gasteiger partial charge in [0.15, 0.2) is 11.5 Å². The zero-order valence-electron chi connectivity index (χ0n) is 58.5. The third kappa shape index (κ3) is 23.0. The number of phenolic OH excluding ortho intramolecular Hbond substituents is 2. The Morgan fingerprint density at radius 2 is 0.718 bits per heavy atom. The van der Waals surface area contributed by atoms with Crippen LogP contribution in [0.15, 0.2) is 183 Å². The van der Waals surface area contributed by atoms with Crippen LogP contribution in [0.3, 0.4) is 0 Å². The van der Waals surface area contributed by atoms with Crippen LogP contribution >= 0.6 is 0 Å². The smallest absolute Gasteiger partial charge is 0.744 e. The molecule has 10 aromatic rings. The quantitative estimate of drug-likeness (QED) is 0.0135. The van der Waals surface area contributed by atoms with E-state index in [1.165, 1.54) is 36.4 Å². The van der Waals surface area contributed by atoms with E-state index in [4.69, 9.17) is 9.47 Å². The Kier molecular flexibility index (Phi) is 33.0. The van der Waals surface area contributed by atoms with Crippen LogP contribution < -0.4 is 208 Å². The first-order chi connectivity index (χ1) is 49.1. The summed E-state index contributed by atoms with van der Waals surface area (Å²) in [7, 11) is -32.2. The van der Waals surface area contributed by atoms with Gasteiger partial charge >= 0.3 is 177 Å². The average molecular weight is 1680 g/mol. The molecule has 0 bridgehead atoms. The number of benzene rings is 8. The molecule has 50 heteroatoms. The molecule has 0 spiro atoms. The van der Waals surface area contributed by atoms with Crippen molar-refractivity contribution in [3.8, 4) is 11.5 Å². The molecule has 2 aromatic heterocycles. The fourth-order valence-corrected chi connectivity index (χ4v) is 14.4. The van der Waals surface area contributed by atoms with Crippen molar-refractivity contribution in [3.63, 3.8) is 0 Å². The minimum Gasteiger partial charge on any atom is -0.744 e. The van der Waals surface area contributed by atoms with Gasteiger partial charge in [0.1, 0.15) is 61.6 Å². The van der Waals surface area contributed by atoms with Crippen LogP contribution in [0, 0.1) is 0 Å². The molecule has 2 aliphatic rings. The number of morpholine rings is 2. The Morgan fingerprint density at radius 3 is 1.03 bits per heavy atom. The molecule has 2 fully saturated rings. The fourth-order valence-electron chi connectivity index (χ4n) is 10.6. The molecule has 0 unspecified atom stereocenters. The number of aromatic nitrogens is 6. The summed E-state index contributed by atoms with van der Waals surface area (Å²) in [6.45, 7) is 1.45. The van der Waals surface area contributed by atoms with Crippen molar-refractivity contribution in [2.75, 3.05) is 83.7 Å². The van der Waals surface area contributed by atoms with Crippen LogP contribution in [-0.4, -0.2) is 171 Å². The van der Waals surface area contributed by atoms with Crippen molar-refractivity contribution in [3.05, 3.63) is 145 Å². The topological polar surface area (TPSA) is 578 Å². The maximum atomic E-state index is 13.2. The Labute approximate surface area is 759 Å². The van der Waals surface area contributed by atoms with Crippen LogP contribution in [0.5, 0.6) is 11.5 Å². The van der Waals surface area contributed by atoms with Crippen molar-refractivity contribution < 1.29 is 275 Å². The van der Waals surface area contributed by atoms with Gasteiger partial charge in [0.25, 0.3) is 20.2 Å². The first-order valence-corrected chi connectivity index (χ1v) is 38.2. The van der Waals surface area contributed by atoms with Crippen molar-refractivity contribution in [2.24, 2.45) is 20.5 Å². The van der Waals surface area contributed by atoms with E-state index in [2.05, 4.69) is 71.6 Å². The van der Waals surface area contributed by atoms with Crippen molar-refractivity contribution in [2.45, 2.75) is 29.4 Å². The number of anilines is 10. The Bertz CT molecular complexity index is 5620. The first-order valence-electron chi connectivity index (χ1n) is 29.7. The Morgan fingerprint density at radius 1 is 0.391 bits per heavy atom. The van der Waals surface area contributed by atoms with Gasteiger partial charge in [0, 0.05) is 48.3 Å². The molecule has 0 atom stereocenters. The maximum Gasteiger partial charge on any atom is 1.00 e. The van der Waals surface area contributed by atoms with Gasteiger partial charge < -0.3 is 69.0 Å². The van der Waals surface area contributed by atoms with Gasteiger partial charge in [-0.15, -0.1) is 10.2 Å². The number of hydrogen-bond acceptors (Lipinski definition) is 36. The van der Waals surface area contributed by atoms with Crippen LogP contribution in [0.25, 0.3) is 33.7 Å². The zero-order chi connectivity index (χ0) is 74.3. The number of phenols is 2. The number of aromatic hydroxyl groups is 2. The molecule has 0 saturated carbocycles. The third-order valence-corrected chi connectivity index (χ3v) is 20.4. The Balaban J connectivity index is 0.00000315. The van der Waals surface area contributed by atoms with Gasteiger partial charge in [-0.05, 0) is 107 Å². The standard InChI is InChI=1S/C60H52N16O22S6.6Na/c77-53-49-35(27-47(103(91,92)93)51(53)73-71-37-7-3-1-4-8-37)25-41(99(79,80)81)31-43(49)63-57-65-55(67-59(69-57)75-17-21-97-22-18-75)61-39-15-13-33(45(29-39)101(85,86)87)11-12-34-14-16-40(30-46(34)102(88,89)90)62-56-66-58(70-60(68-56)76-19-23-98-24-20-76)64-44-32-42(100(82,83)84)26-36-28-48(104(94,95)96)52(54(78)50(36)44)74-72-38-9-5-2-6-10-38;;;;;;/h1-16,25-32,77-78H,17-24H2,(H,79,80,81)(H,82,83,84)(H,85,86,87)(H,88,89,90)(H,91,92,93)(H,94,95,96)(H2,61,63,65,67,69)(H2,62,64,66,68,70);;;;;;/q;6*+1/p-4. The van der Waals surface area contributed by atoms with E-state index in [-0.39, 0.29) is 288 Å². The SMILES string of the molecule is O=S(=O)([O-])c1cc(Nc2nc(Nc3ccc(C=Cc4ccc(Nc5nc(Nc6cc(S(=O)(=O)[O-])cc7cc(S(=O)(=O)[O-])c(N=Nc8ccccc8)c(O)c67)nc(N6CCOCC6)n5)cc4S(=O)(=O)O)c(S(=O)(=O)O)c3)nc(N3CCOCC3)n2)c2c(O)c(N=Nc3ccccc3)c(S(=O)(=O)[O-])cc2c1.[Na+].[Na+].[Na+].[Na+].[Na+].[Na+]. The van der Waals surface area contributed by atoms with Gasteiger partial charge in [0.2, 0.25) is 35.7 Å². The number of nitrogens with one attached hydrogen (secondary N) is 4. The summed E-state index contributed by atoms with van der Waals surface area (Å²) in [5.74, 6) is -3.94. The second kappa shape index (κ2) is 38.6. The minimum atomic E-state index is -5.51. The van der Waals surface area contributed by atoms with E-state index in [9.17, 15) is 88.0 Å². The number of azo groups is 2. The van der Waals surface area contributed by atoms with Crippen LogP contribution in [0.1, 0.15) is 11.1 Å². The molecule has 110 heavy (non-hydrogen) atoms. The largest absolute Gasteiger partial charge is 1.00 e.